The summed E-state index contributed by atoms with van der Waals surface area (Å²) in [5, 5.41) is 0. The van der Waals surface area contributed by atoms with Crippen molar-refractivity contribution in [3.8, 4) is 0 Å². The van der Waals surface area contributed by atoms with Gasteiger partial charge in [0.1, 0.15) is 19.3 Å². The number of ether oxygens (including phenoxy) is 2. The first-order valence-corrected chi connectivity index (χ1v) is 14.3. The Morgan fingerprint density at radius 1 is 0.848 bits per heavy atom. The fourth-order valence-electron chi connectivity index (χ4n) is 3.32. The SMILES string of the molecule is CCCCCCCCCCCCCCC(COP(=O)(O)OCC[N+](C)(C)C)OC(=O)OCC. The molecule has 2 unspecified atom stereocenters. The maximum atomic E-state index is 12.1. The molecule has 0 aliphatic heterocycles. The highest BCUT2D eigenvalue weighted by Crippen LogP contribution is 2.43. The maximum absolute atomic E-state index is 12.1. The summed E-state index contributed by atoms with van der Waals surface area (Å²) in [6, 6.07) is 0. The second-order valence-electron chi connectivity index (χ2n) is 9.71. The van der Waals surface area contributed by atoms with Gasteiger partial charge in [-0.2, -0.15) is 0 Å². The molecule has 0 heterocycles. The Balaban J connectivity index is 4.13. The van der Waals surface area contributed by atoms with Crippen LogP contribution in [0.4, 0.5) is 4.79 Å². The van der Waals surface area contributed by atoms with Crippen molar-refractivity contribution < 1.29 is 37.3 Å². The quantitative estimate of drug-likeness (QED) is 0.0796. The van der Waals surface area contributed by atoms with Crippen LogP contribution < -0.4 is 0 Å². The Morgan fingerprint density at radius 2 is 1.36 bits per heavy atom. The number of quaternary nitrogens is 1. The van der Waals surface area contributed by atoms with Crippen molar-refractivity contribution in [2.24, 2.45) is 0 Å². The highest BCUT2D eigenvalue weighted by atomic mass is 31.2. The number of likely N-dealkylation sites (N-methyl/N-ethyl adjacent to an activating group) is 1. The van der Waals surface area contributed by atoms with Gasteiger partial charge in [-0.15, -0.1) is 0 Å². The molecule has 0 saturated carbocycles. The lowest BCUT2D eigenvalue weighted by Gasteiger charge is -2.24. The Labute approximate surface area is 202 Å². The Bertz CT molecular complexity index is 525. The van der Waals surface area contributed by atoms with Gasteiger partial charge in [0.05, 0.1) is 34.4 Å². The molecule has 0 bridgehead atoms. The van der Waals surface area contributed by atoms with E-state index in [0.29, 0.717) is 17.4 Å². The third-order valence-electron chi connectivity index (χ3n) is 5.34. The summed E-state index contributed by atoms with van der Waals surface area (Å²) in [6.07, 6.45) is 13.9. The Morgan fingerprint density at radius 3 is 1.85 bits per heavy atom. The molecule has 0 aliphatic carbocycles. The van der Waals surface area contributed by atoms with E-state index in [1.54, 1.807) is 6.92 Å². The van der Waals surface area contributed by atoms with E-state index < -0.39 is 20.1 Å². The van der Waals surface area contributed by atoms with E-state index in [1.165, 1.54) is 57.8 Å². The Kier molecular flexibility index (Phi) is 19.2. The molecule has 0 aromatic carbocycles. The van der Waals surface area contributed by atoms with Crippen LogP contribution in [0.5, 0.6) is 0 Å². The van der Waals surface area contributed by atoms with Crippen LogP contribution in [0.3, 0.4) is 0 Å². The normalized spacial score (nSPS) is 14.6. The fraction of sp³-hybridized carbons (Fsp3) is 0.958. The van der Waals surface area contributed by atoms with Crippen molar-refractivity contribution in [3.63, 3.8) is 0 Å². The number of carbonyl (C=O) groups excluding carboxylic acids is 1. The highest BCUT2D eigenvalue weighted by molar-refractivity contribution is 7.47. The molecule has 9 heteroatoms. The number of nitrogens with zero attached hydrogens (tertiary/aromatic N) is 1. The van der Waals surface area contributed by atoms with Crippen molar-refractivity contribution >= 4 is 14.0 Å². The molecular formula is C24H51NO7P+. The Hall–Kier alpha value is -0.660. The first-order valence-electron chi connectivity index (χ1n) is 12.9. The molecule has 1 N–H and O–H groups in total. The lowest BCUT2D eigenvalue weighted by Crippen LogP contribution is -2.37. The van der Waals surface area contributed by atoms with Crippen molar-refractivity contribution in [2.45, 2.75) is 103 Å². The lowest BCUT2D eigenvalue weighted by atomic mass is 10.0. The number of hydrogen-bond donors (Lipinski definition) is 1. The summed E-state index contributed by atoms with van der Waals surface area (Å²) in [6.45, 7) is 4.61. The van der Waals surface area contributed by atoms with Crippen LogP contribution in [0.2, 0.25) is 0 Å². The molecule has 33 heavy (non-hydrogen) atoms. The standard InChI is InChI=1S/C24H50NO7P/c1-6-8-9-10-11-12-13-14-15-16-17-18-19-23(32-24(26)29-7-2)22-31-33(27,28)30-21-20-25(3,4)5/h23H,6-22H2,1-5H3/p+1. The summed E-state index contributed by atoms with van der Waals surface area (Å²) in [5.74, 6) is 0. The monoisotopic (exact) mass is 496 g/mol. The third kappa shape index (κ3) is 22.9. The van der Waals surface area contributed by atoms with Crippen molar-refractivity contribution in [2.75, 3.05) is 47.5 Å². The second-order valence-corrected chi connectivity index (χ2v) is 11.2. The van der Waals surface area contributed by atoms with E-state index in [2.05, 4.69) is 6.92 Å². The molecule has 0 spiro atoms. The molecule has 0 rings (SSSR count). The van der Waals surface area contributed by atoms with Gasteiger partial charge in [-0.1, -0.05) is 77.6 Å². The topological polar surface area (TPSA) is 91.3 Å². The summed E-state index contributed by atoms with van der Waals surface area (Å²) in [5.41, 5.74) is 0. The van der Waals surface area contributed by atoms with Gasteiger partial charge in [0, 0.05) is 0 Å². The van der Waals surface area contributed by atoms with E-state index in [9.17, 15) is 14.3 Å². The molecule has 0 saturated heterocycles. The number of unbranched alkanes of at least 4 members (excludes halogenated alkanes) is 11. The molecule has 0 aliphatic rings. The van der Waals surface area contributed by atoms with Crippen LogP contribution in [-0.2, 0) is 23.1 Å². The van der Waals surface area contributed by atoms with E-state index in [-0.39, 0.29) is 19.8 Å². The number of rotatable bonds is 22. The highest BCUT2D eigenvalue weighted by Gasteiger charge is 2.26. The number of carbonyl (C=O) groups is 1. The summed E-state index contributed by atoms with van der Waals surface area (Å²) < 4.78 is 33.0. The molecule has 0 aromatic heterocycles. The van der Waals surface area contributed by atoms with Gasteiger partial charge in [0.2, 0.25) is 0 Å². The molecule has 198 valence electrons. The minimum absolute atomic E-state index is 0.0966. The lowest BCUT2D eigenvalue weighted by molar-refractivity contribution is -0.870. The van der Waals surface area contributed by atoms with Crippen LogP contribution in [0, 0.1) is 0 Å². The first-order chi connectivity index (χ1) is 15.6. The predicted octanol–water partition coefficient (Wildman–Crippen LogP) is 6.46. The smallest absolute Gasteiger partial charge is 0.435 e. The molecular weight excluding hydrogens is 445 g/mol. The van der Waals surface area contributed by atoms with Gasteiger partial charge in [0.25, 0.3) is 0 Å². The van der Waals surface area contributed by atoms with Crippen LogP contribution in [0.25, 0.3) is 0 Å². The van der Waals surface area contributed by atoms with E-state index >= 15 is 0 Å². The zero-order valence-electron chi connectivity index (χ0n) is 21.9. The largest absolute Gasteiger partial charge is 0.508 e. The second kappa shape index (κ2) is 19.6. The molecule has 0 radical (unpaired) electrons. The molecule has 0 aromatic rings. The van der Waals surface area contributed by atoms with Gasteiger partial charge >= 0.3 is 14.0 Å². The van der Waals surface area contributed by atoms with Crippen LogP contribution in [0.15, 0.2) is 0 Å². The van der Waals surface area contributed by atoms with Gasteiger partial charge in [0.15, 0.2) is 0 Å². The van der Waals surface area contributed by atoms with Gasteiger partial charge in [-0.25, -0.2) is 9.36 Å². The third-order valence-corrected chi connectivity index (χ3v) is 6.33. The van der Waals surface area contributed by atoms with Crippen molar-refractivity contribution in [3.05, 3.63) is 0 Å². The summed E-state index contributed by atoms with van der Waals surface area (Å²) in [7, 11) is 1.68. The van der Waals surface area contributed by atoms with Crippen LogP contribution in [0.1, 0.15) is 97.3 Å². The zero-order valence-corrected chi connectivity index (χ0v) is 22.8. The van der Waals surface area contributed by atoms with Gasteiger partial charge in [-0.3, -0.25) is 9.05 Å². The van der Waals surface area contributed by atoms with Crippen LogP contribution in [-0.4, -0.2) is 69.1 Å². The minimum atomic E-state index is -4.20. The van der Waals surface area contributed by atoms with Crippen molar-refractivity contribution in [1.82, 2.24) is 0 Å². The van der Waals surface area contributed by atoms with Gasteiger partial charge in [-0.05, 0) is 19.8 Å². The number of hydrogen-bond acceptors (Lipinski definition) is 6. The molecule has 0 fully saturated rings. The molecule has 8 nitrogen and oxygen atoms in total. The molecule has 0 amide bonds. The summed E-state index contributed by atoms with van der Waals surface area (Å²) >= 11 is 0. The number of phosphoric acid groups is 1. The van der Waals surface area contributed by atoms with E-state index in [1.807, 2.05) is 21.1 Å². The predicted molar refractivity (Wildman–Crippen MR) is 132 cm³/mol. The number of phosphoric ester groups is 1. The van der Waals surface area contributed by atoms with E-state index in [4.69, 9.17) is 18.5 Å². The van der Waals surface area contributed by atoms with E-state index in [0.717, 1.165) is 19.3 Å². The summed E-state index contributed by atoms with van der Waals surface area (Å²) in [4.78, 5) is 21.6. The fourth-order valence-corrected chi connectivity index (χ4v) is 4.06. The first kappa shape index (κ1) is 32.3. The maximum Gasteiger partial charge on any atom is 0.508 e. The molecule has 2 atom stereocenters. The average Bonchev–Trinajstić information content (AvgIpc) is 2.71. The van der Waals surface area contributed by atoms with Gasteiger partial charge < -0.3 is 18.9 Å². The average molecular weight is 497 g/mol. The minimum Gasteiger partial charge on any atom is -0.435 e. The zero-order chi connectivity index (χ0) is 25.0. The van der Waals surface area contributed by atoms with Crippen molar-refractivity contribution in [1.29, 1.82) is 0 Å². The van der Waals surface area contributed by atoms with Crippen LogP contribution >= 0.6 is 7.82 Å².